The van der Waals surface area contributed by atoms with Crippen molar-refractivity contribution in [3.63, 3.8) is 0 Å². The summed E-state index contributed by atoms with van der Waals surface area (Å²) in [7, 11) is 0. The fraction of sp³-hybridized carbons (Fsp3) is 0.500. The molecule has 0 aromatic carbocycles. The number of halogens is 1. The number of hydrogen-bond acceptors (Lipinski definition) is 5. The second-order valence-corrected chi connectivity index (χ2v) is 5.57. The van der Waals surface area contributed by atoms with E-state index < -0.39 is 0 Å². The van der Waals surface area contributed by atoms with Gasteiger partial charge in [-0.05, 0) is 13.8 Å². The van der Waals surface area contributed by atoms with Gasteiger partial charge in [-0.25, -0.2) is 9.97 Å². The van der Waals surface area contributed by atoms with Crippen LogP contribution in [-0.4, -0.2) is 23.2 Å². The number of nitrogen functional groups attached to an aromatic ring is 1. The molecule has 2 aromatic rings. The lowest BCUT2D eigenvalue weighted by Crippen LogP contribution is -3.00. The number of anilines is 1. The van der Waals surface area contributed by atoms with E-state index in [1.54, 1.807) is 11.3 Å². The molecule has 0 atom stereocenters. The molecule has 0 saturated heterocycles. The second kappa shape index (κ2) is 8.26. The standard InChI is InChI=1S/C14H21N4OS.ClH/c1-4-19-6-5-13-10(2)18(9-20-13)8-12-7-16-11(3)17-14(12)15;/h7,9H,4-6,8H2,1-3H3,(H2,15,16,17);1H/q+1;/p-1. The van der Waals surface area contributed by atoms with Gasteiger partial charge in [0.15, 0.2) is 12.2 Å². The van der Waals surface area contributed by atoms with Gasteiger partial charge < -0.3 is 22.9 Å². The summed E-state index contributed by atoms with van der Waals surface area (Å²) in [5.41, 5.74) is 10.3. The molecule has 116 valence electrons. The minimum atomic E-state index is 0. The van der Waals surface area contributed by atoms with Crippen molar-refractivity contribution in [2.24, 2.45) is 0 Å². The van der Waals surface area contributed by atoms with Crippen LogP contribution >= 0.6 is 11.3 Å². The number of ether oxygens (including phenoxy) is 1. The highest BCUT2D eigenvalue weighted by molar-refractivity contribution is 7.09. The van der Waals surface area contributed by atoms with Crippen molar-refractivity contribution in [1.29, 1.82) is 0 Å². The number of thiazole rings is 1. The first-order chi connectivity index (χ1) is 9.61. The van der Waals surface area contributed by atoms with Crippen LogP contribution in [0, 0.1) is 13.8 Å². The lowest BCUT2D eigenvalue weighted by atomic mass is 10.2. The Labute approximate surface area is 135 Å². The molecule has 0 saturated carbocycles. The van der Waals surface area contributed by atoms with E-state index in [4.69, 9.17) is 10.5 Å². The fourth-order valence-corrected chi connectivity index (χ4v) is 2.95. The maximum Gasteiger partial charge on any atom is 0.225 e. The molecule has 0 aliphatic rings. The molecule has 7 heteroatoms. The molecule has 0 aliphatic carbocycles. The molecular formula is C14H21ClN4OS. The molecule has 5 nitrogen and oxygen atoms in total. The van der Waals surface area contributed by atoms with Crippen LogP contribution in [0.15, 0.2) is 11.7 Å². The number of rotatable bonds is 6. The highest BCUT2D eigenvalue weighted by Crippen LogP contribution is 2.14. The van der Waals surface area contributed by atoms with Gasteiger partial charge in [0.1, 0.15) is 11.6 Å². The topological polar surface area (TPSA) is 64.9 Å². The average molecular weight is 329 g/mol. The molecule has 2 heterocycles. The van der Waals surface area contributed by atoms with Gasteiger partial charge in [0.05, 0.1) is 17.0 Å². The zero-order valence-electron chi connectivity index (χ0n) is 12.6. The summed E-state index contributed by atoms with van der Waals surface area (Å²) in [6, 6.07) is 0. The van der Waals surface area contributed by atoms with Crippen LogP contribution in [0.3, 0.4) is 0 Å². The van der Waals surface area contributed by atoms with E-state index in [1.807, 2.05) is 20.0 Å². The maximum atomic E-state index is 5.94. The molecule has 0 unspecified atom stereocenters. The molecule has 0 aliphatic heterocycles. The monoisotopic (exact) mass is 328 g/mol. The highest BCUT2D eigenvalue weighted by atomic mass is 35.5. The van der Waals surface area contributed by atoms with Gasteiger partial charge >= 0.3 is 0 Å². The van der Waals surface area contributed by atoms with Crippen molar-refractivity contribution in [3.05, 3.63) is 33.7 Å². The van der Waals surface area contributed by atoms with Gasteiger partial charge in [0, 0.05) is 26.1 Å². The van der Waals surface area contributed by atoms with E-state index in [2.05, 4.69) is 27.0 Å². The molecular weight excluding hydrogens is 308 g/mol. The first kappa shape index (κ1) is 17.8. The molecule has 0 amide bonds. The number of aromatic nitrogens is 3. The molecule has 0 bridgehead atoms. The summed E-state index contributed by atoms with van der Waals surface area (Å²) >= 11 is 1.76. The Bertz CT molecular complexity index is 588. The molecule has 0 radical (unpaired) electrons. The number of aryl methyl sites for hydroxylation is 1. The zero-order chi connectivity index (χ0) is 14.5. The third kappa shape index (κ3) is 4.62. The second-order valence-electron chi connectivity index (χ2n) is 4.63. The summed E-state index contributed by atoms with van der Waals surface area (Å²) in [4.78, 5) is 9.77. The Morgan fingerprint density at radius 3 is 2.81 bits per heavy atom. The first-order valence-electron chi connectivity index (χ1n) is 6.74. The minimum Gasteiger partial charge on any atom is -1.00 e. The molecule has 2 aromatic heterocycles. The van der Waals surface area contributed by atoms with Gasteiger partial charge in [0.2, 0.25) is 5.51 Å². The molecule has 0 fully saturated rings. The Kier molecular flexibility index (Phi) is 7.01. The van der Waals surface area contributed by atoms with E-state index in [9.17, 15) is 0 Å². The summed E-state index contributed by atoms with van der Waals surface area (Å²) in [6.45, 7) is 8.23. The maximum absolute atomic E-state index is 5.94. The lowest BCUT2D eigenvalue weighted by molar-refractivity contribution is -0.689. The van der Waals surface area contributed by atoms with Crippen molar-refractivity contribution in [3.8, 4) is 0 Å². The molecule has 0 spiro atoms. The zero-order valence-corrected chi connectivity index (χ0v) is 14.2. The predicted octanol–water partition coefficient (Wildman–Crippen LogP) is -1.34. The average Bonchev–Trinajstić information content (AvgIpc) is 2.75. The predicted molar refractivity (Wildman–Crippen MR) is 79.7 cm³/mol. The number of nitrogens with two attached hydrogens (primary N) is 1. The fourth-order valence-electron chi connectivity index (χ4n) is 1.97. The Morgan fingerprint density at radius 2 is 2.14 bits per heavy atom. The van der Waals surface area contributed by atoms with Crippen molar-refractivity contribution in [2.75, 3.05) is 18.9 Å². The SMILES string of the molecule is CCOCCc1sc[n+](Cc2cnc(C)nc2N)c1C.[Cl-]. The minimum absolute atomic E-state index is 0. The van der Waals surface area contributed by atoms with Crippen LogP contribution < -0.4 is 22.7 Å². The molecule has 2 N–H and O–H groups in total. The van der Waals surface area contributed by atoms with Crippen LogP contribution in [0.1, 0.15) is 28.9 Å². The van der Waals surface area contributed by atoms with E-state index in [0.717, 1.165) is 25.2 Å². The van der Waals surface area contributed by atoms with Crippen molar-refractivity contribution >= 4 is 17.2 Å². The van der Waals surface area contributed by atoms with Gasteiger partial charge in [0.25, 0.3) is 0 Å². The van der Waals surface area contributed by atoms with Crippen LogP contribution in [0.4, 0.5) is 5.82 Å². The lowest BCUT2D eigenvalue weighted by Gasteiger charge is -2.02. The van der Waals surface area contributed by atoms with Crippen LogP contribution in [-0.2, 0) is 17.7 Å². The third-order valence-corrected chi connectivity index (χ3v) is 4.34. The highest BCUT2D eigenvalue weighted by Gasteiger charge is 2.17. The third-order valence-electron chi connectivity index (χ3n) is 3.19. The summed E-state index contributed by atoms with van der Waals surface area (Å²) in [6.07, 6.45) is 2.76. The largest absolute Gasteiger partial charge is 1.00 e. The normalized spacial score (nSPS) is 10.4. The van der Waals surface area contributed by atoms with Gasteiger partial charge in [-0.3, -0.25) is 0 Å². The van der Waals surface area contributed by atoms with E-state index in [0.29, 0.717) is 18.2 Å². The molecule has 2 rings (SSSR count). The van der Waals surface area contributed by atoms with Gasteiger partial charge in [-0.1, -0.05) is 11.3 Å². The van der Waals surface area contributed by atoms with Crippen LogP contribution in [0.25, 0.3) is 0 Å². The summed E-state index contributed by atoms with van der Waals surface area (Å²) < 4.78 is 7.60. The van der Waals surface area contributed by atoms with Crippen molar-refractivity contribution < 1.29 is 21.7 Å². The Morgan fingerprint density at radius 1 is 1.38 bits per heavy atom. The molecule has 21 heavy (non-hydrogen) atoms. The Balaban J connectivity index is 0.00000220. The van der Waals surface area contributed by atoms with Gasteiger partial charge in [-0.2, -0.15) is 4.57 Å². The van der Waals surface area contributed by atoms with Gasteiger partial charge in [-0.15, -0.1) is 0 Å². The quantitative estimate of drug-likeness (QED) is 0.526. The van der Waals surface area contributed by atoms with Crippen LogP contribution in [0.2, 0.25) is 0 Å². The summed E-state index contributed by atoms with van der Waals surface area (Å²) in [5.74, 6) is 1.27. The number of hydrogen-bond donors (Lipinski definition) is 1. The van der Waals surface area contributed by atoms with Crippen molar-refractivity contribution in [2.45, 2.75) is 33.7 Å². The van der Waals surface area contributed by atoms with E-state index >= 15 is 0 Å². The number of nitrogens with zero attached hydrogens (tertiary/aromatic N) is 3. The van der Waals surface area contributed by atoms with E-state index in [1.165, 1.54) is 10.6 Å². The van der Waals surface area contributed by atoms with E-state index in [-0.39, 0.29) is 12.4 Å². The summed E-state index contributed by atoms with van der Waals surface area (Å²) in [5, 5.41) is 0. The van der Waals surface area contributed by atoms with Crippen molar-refractivity contribution in [1.82, 2.24) is 9.97 Å². The van der Waals surface area contributed by atoms with Crippen LogP contribution in [0.5, 0.6) is 0 Å². The Hall–Kier alpha value is -1.24. The smallest absolute Gasteiger partial charge is 0.225 e. The first-order valence-corrected chi connectivity index (χ1v) is 7.62.